The second-order valence-electron chi connectivity index (χ2n) is 6.16. The van der Waals surface area contributed by atoms with Gasteiger partial charge in [-0.25, -0.2) is 4.99 Å². The fourth-order valence-electron chi connectivity index (χ4n) is 3.23. The molecule has 4 heteroatoms. The van der Waals surface area contributed by atoms with E-state index in [4.69, 9.17) is 4.99 Å². The predicted octanol–water partition coefficient (Wildman–Crippen LogP) is 4.70. The molecule has 0 atom stereocenters. The van der Waals surface area contributed by atoms with E-state index in [9.17, 15) is 10.4 Å². The van der Waals surface area contributed by atoms with Crippen molar-refractivity contribution in [1.29, 1.82) is 5.26 Å². The van der Waals surface area contributed by atoms with Gasteiger partial charge in [0, 0.05) is 22.7 Å². The largest absolute Gasteiger partial charge is 0.392 e. The van der Waals surface area contributed by atoms with E-state index in [1.807, 2.05) is 72.8 Å². The van der Waals surface area contributed by atoms with E-state index in [0.717, 1.165) is 33.4 Å². The first kappa shape index (κ1) is 16.8. The molecule has 0 fully saturated rings. The standard InChI is InChI=1S/C23H17N3O/c24-13-19-14-25-23-20(12-11-18(15-27)21(19)23)26-22(16-7-3-1-4-8-16)17-9-5-2-6-10-17/h1-12,14,25,27H,15H2. The molecule has 1 heterocycles. The first-order valence-electron chi connectivity index (χ1n) is 8.65. The number of hydrogen-bond acceptors (Lipinski definition) is 3. The van der Waals surface area contributed by atoms with Crippen molar-refractivity contribution in [1.82, 2.24) is 4.98 Å². The van der Waals surface area contributed by atoms with Gasteiger partial charge in [-0.2, -0.15) is 5.26 Å². The summed E-state index contributed by atoms with van der Waals surface area (Å²) in [6.07, 6.45) is 1.66. The van der Waals surface area contributed by atoms with Gasteiger partial charge in [0.05, 0.1) is 29.1 Å². The van der Waals surface area contributed by atoms with Crippen molar-refractivity contribution >= 4 is 22.3 Å². The molecule has 0 bridgehead atoms. The molecule has 0 saturated carbocycles. The Morgan fingerprint density at radius 3 is 2.11 bits per heavy atom. The summed E-state index contributed by atoms with van der Waals surface area (Å²) in [4.78, 5) is 8.09. The summed E-state index contributed by atoms with van der Waals surface area (Å²) in [5, 5.41) is 19.8. The van der Waals surface area contributed by atoms with Gasteiger partial charge in [0.2, 0.25) is 0 Å². The zero-order chi connectivity index (χ0) is 18.6. The van der Waals surface area contributed by atoms with Gasteiger partial charge in [0.1, 0.15) is 6.07 Å². The molecular formula is C23H17N3O. The van der Waals surface area contributed by atoms with Crippen LogP contribution in [0.3, 0.4) is 0 Å². The summed E-state index contributed by atoms with van der Waals surface area (Å²) >= 11 is 0. The zero-order valence-corrected chi connectivity index (χ0v) is 14.6. The van der Waals surface area contributed by atoms with Crippen LogP contribution in [0.1, 0.15) is 22.3 Å². The number of H-pyrrole nitrogens is 1. The van der Waals surface area contributed by atoms with Crippen LogP contribution in [0.2, 0.25) is 0 Å². The number of fused-ring (bicyclic) bond motifs is 1. The van der Waals surface area contributed by atoms with Gasteiger partial charge >= 0.3 is 0 Å². The summed E-state index contributed by atoms with van der Waals surface area (Å²) in [5.74, 6) is 0. The van der Waals surface area contributed by atoms with Crippen LogP contribution in [-0.4, -0.2) is 15.8 Å². The second-order valence-corrected chi connectivity index (χ2v) is 6.16. The summed E-state index contributed by atoms with van der Waals surface area (Å²) in [5.41, 5.74) is 5.57. The molecular weight excluding hydrogens is 334 g/mol. The van der Waals surface area contributed by atoms with Crippen LogP contribution in [0.5, 0.6) is 0 Å². The normalized spacial score (nSPS) is 10.5. The first-order valence-corrected chi connectivity index (χ1v) is 8.65. The maximum Gasteiger partial charge on any atom is 0.101 e. The number of nitrogens with one attached hydrogen (secondary N) is 1. The third-order valence-corrected chi connectivity index (χ3v) is 4.52. The molecule has 0 spiro atoms. The number of benzene rings is 3. The van der Waals surface area contributed by atoms with Crippen LogP contribution in [0.4, 0.5) is 5.69 Å². The molecule has 0 aliphatic rings. The van der Waals surface area contributed by atoms with Crippen LogP contribution in [0.15, 0.2) is 84.0 Å². The van der Waals surface area contributed by atoms with Crippen LogP contribution in [0, 0.1) is 11.3 Å². The number of hydrogen-bond donors (Lipinski definition) is 2. The molecule has 0 radical (unpaired) electrons. The Hall–Kier alpha value is -3.68. The fraction of sp³-hybridized carbons (Fsp3) is 0.0435. The van der Waals surface area contributed by atoms with Crippen LogP contribution < -0.4 is 0 Å². The third kappa shape index (κ3) is 3.12. The van der Waals surface area contributed by atoms with Gasteiger partial charge in [-0.05, 0) is 11.6 Å². The van der Waals surface area contributed by atoms with E-state index in [1.54, 1.807) is 6.20 Å². The fourth-order valence-corrected chi connectivity index (χ4v) is 3.23. The summed E-state index contributed by atoms with van der Waals surface area (Å²) < 4.78 is 0. The Labute approximate surface area is 157 Å². The van der Waals surface area contributed by atoms with Gasteiger partial charge in [-0.1, -0.05) is 66.7 Å². The van der Waals surface area contributed by atoms with Crippen molar-refractivity contribution in [3.05, 3.63) is 101 Å². The molecule has 4 rings (SSSR count). The van der Waals surface area contributed by atoms with E-state index in [1.165, 1.54) is 0 Å². The summed E-state index contributed by atoms with van der Waals surface area (Å²) in [6, 6.07) is 25.9. The van der Waals surface area contributed by atoms with Crippen LogP contribution in [-0.2, 0) is 6.61 Å². The van der Waals surface area contributed by atoms with Gasteiger partial charge < -0.3 is 10.1 Å². The van der Waals surface area contributed by atoms with E-state index >= 15 is 0 Å². The lowest BCUT2D eigenvalue weighted by molar-refractivity contribution is 0.283. The number of aliphatic hydroxyl groups is 1. The average molecular weight is 351 g/mol. The van der Waals surface area contributed by atoms with Gasteiger partial charge in [0.25, 0.3) is 0 Å². The lowest BCUT2D eigenvalue weighted by atomic mass is 10.0. The van der Waals surface area contributed by atoms with Crippen molar-refractivity contribution in [2.75, 3.05) is 0 Å². The van der Waals surface area contributed by atoms with E-state index in [-0.39, 0.29) is 6.61 Å². The second kappa shape index (κ2) is 7.28. The monoisotopic (exact) mass is 351 g/mol. The lowest BCUT2D eigenvalue weighted by Crippen LogP contribution is -2.02. The minimum Gasteiger partial charge on any atom is -0.392 e. The summed E-state index contributed by atoms with van der Waals surface area (Å²) in [7, 11) is 0. The highest BCUT2D eigenvalue weighted by Gasteiger charge is 2.13. The maximum atomic E-state index is 9.64. The minimum absolute atomic E-state index is 0.128. The Morgan fingerprint density at radius 2 is 1.56 bits per heavy atom. The predicted molar refractivity (Wildman–Crippen MR) is 107 cm³/mol. The van der Waals surface area contributed by atoms with Gasteiger partial charge in [-0.3, -0.25) is 0 Å². The topological polar surface area (TPSA) is 72.2 Å². The third-order valence-electron chi connectivity index (χ3n) is 4.52. The van der Waals surface area contributed by atoms with Crippen LogP contribution >= 0.6 is 0 Å². The molecule has 4 aromatic rings. The average Bonchev–Trinajstić information content (AvgIpc) is 3.18. The number of aromatic amines is 1. The smallest absolute Gasteiger partial charge is 0.101 e. The molecule has 27 heavy (non-hydrogen) atoms. The number of nitriles is 1. The Bertz CT molecular complexity index is 1110. The molecule has 1 aromatic heterocycles. The first-order chi connectivity index (χ1) is 13.3. The molecule has 3 aromatic carbocycles. The highest BCUT2D eigenvalue weighted by atomic mass is 16.3. The number of aliphatic hydroxyl groups excluding tert-OH is 1. The number of aromatic nitrogens is 1. The SMILES string of the molecule is N#Cc1c[nH]c2c(N=C(c3ccccc3)c3ccccc3)ccc(CO)c12. The van der Waals surface area contributed by atoms with Crippen molar-refractivity contribution in [3.8, 4) is 6.07 Å². The Morgan fingerprint density at radius 1 is 0.926 bits per heavy atom. The molecule has 4 nitrogen and oxygen atoms in total. The van der Waals surface area contributed by atoms with Crippen LogP contribution in [0.25, 0.3) is 10.9 Å². The Balaban J connectivity index is 1.97. The Kier molecular flexibility index (Phi) is 4.52. The highest BCUT2D eigenvalue weighted by Crippen LogP contribution is 2.32. The number of nitrogens with zero attached hydrogens (tertiary/aromatic N) is 2. The molecule has 0 saturated heterocycles. The summed E-state index contributed by atoms with van der Waals surface area (Å²) in [6.45, 7) is -0.128. The van der Waals surface area contributed by atoms with E-state index < -0.39 is 0 Å². The van der Waals surface area contributed by atoms with Gasteiger partial charge in [0.15, 0.2) is 0 Å². The molecule has 0 aliphatic carbocycles. The van der Waals surface area contributed by atoms with Crippen molar-refractivity contribution in [2.24, 2.45) is 4.99 Å². The molecule has 0 unspecified atom stereocenters. The van der Waals surface area contributed by atoms with E-state index in [0.29, 0.717) is 11.1 Å². The highest BCUT2D eigenvalue weighted by molar-refractivity contribution is 6.15. The molecule has 130 valence electrons. The van der Waals surface area contributed by atoms with Gasteiger partial charge in [-0.15, -0.1) is 0 Å². The van der Waals surface area contributed by atoms with Crippen molar-refractivity contribution in [2.45, 2.75) is 6.61 Å². The number of rotatable bonds is 4. The quantitative estimate of drug-likeness (QED) is 0.523. The lowest BCUT2D eigenvalue weighted by Gasteiger charge is -2.09. The maximum absolute atomic E-state index is 9.64. The molecule has 0 amide bonds. The number of aliphatic imine (C=N–C) groups is 1. The zero-order valence-electron chi connectivity index (χ0n) is 14.6. The van der Waals surface area contributed by atoms with Crippen molar-refractivity contribution < 1.29 is 5.11 Å². The van der Waals surface area contributed by atoms with E-state index in [2.05, 4.69) is 11.1 Å². The van der Waals surface area contributed by atoms with Crippen molar-refractivity contribution in [3.63, 3.8) is 0 Å². The molecule has 2 N–H and O–H groups in total. The minimum atomic E-state index is -0.128. The molecule has 0 aliphatic heterocycles.